The summed E-state index contributed by atoms with van der Waals surface area (Å²) in [4.78, 5) is 39.7. The number of aromatic carboxylic acids is 1. The molecule has 178 valence electrons. The number of ether oxygens (including phenoxy) is 1. The predicted octanol–water partition coefficient (Wildman–Crippen LogP) is 3.41. The van der Waals surface area contributed by atoms with Gasteiger partial charge in [0.05, 0.1) is 20.9 Å². The van der Waals surface area contributed by atoms with Crippen molar-refractivity contribution in [3.63, 3.8) is 0 Å². The van der Waals surface area contributed by atoms with Gasteiger partial charge in [0.2, 0.25) is 5.43 Å². The molecule has 0 bridgehead atoms. The Labute approximate surface area is 206 Å². The smallest absolute Gasteiger partial charge is 0.341 e. The van der Waals surface area contributed by atoms with E-state index in [2.05, 4.69) is 27.5 Å². The number of halogens is 3. The number of carbonyl (C=O) groups is 2. The van der Waals surface area contributed by atoms with Gasteiger partial charge in [-0.05, 0) is 31.3 Å². The Kier molecular flexibility index (Phi) is 6.58. The van der Waals surface area contributed by atoms with Gasteiger partial charge in [0, 0.05) is 44.2 Å². The van der Waals surface area contributed by atoms with Crippen molar-refractivity contribution in [2.45, 2.75) is 11.0 Å². The zero-order valence-electron chi connectivity index (χ0n) is 18.2. The molecule has 1 fully saturated rings. The molecule has 1 aromatic heterocycles. The molecule has 0 spiro atoms. The maximum absolute atomic E-state index is 15.2. The van der Waals surface area contributed by atoms with Gasteiger partial charge in [-0.2, -0.15) is 0 Å². The number of esters is 1. The molecule has 0 amide bonds. The first-order valence-electron chi connectivity index (χ1n) is 10.3. The van der Waals surface area contributed by atoms with Gasteiger partial charge in [-0.1, -0.05) is 22.6 Å². The van der Waals surface area contributed by atoms with Crippen molar-refractivity contribution in [1.29, 1.82) is 0 Å². The summed E-state index contributed by atoms with van der Waals surface area (Å²) in [5, 5.41) is 9.33. The maximum Gasteiger partial charge on any atom is 0.341 e. The Morgan fingerprint density at radius 1 is 1.12 bits per heavy atom. The zero-order chi connectivity index (χ0) is 24.7. The van der Waals surface area contributed by atoms with Crippen LogP contribution in [0.5, 0.6) is 5.75 Å². The number of fused-ring (bicyclic) bond motifs is 1. The van der Waals surface area contributed by atoms with Gasteiger partial charge in [0.15, 0.2) is 5.82 Å². The van der Waals surface area contributed by atoms with Crippen LogP contribution in [0.1, 0.15) is 17.3 Å². The number of carboxylic acids is 1. The fraction of sp³-hybridized carbons (Fsp3) is 0.261. The monoisotopic (exact) mass is 583 g/mol. The van der Waals surface area contributed by atoms with Gasteiger partial charge in [0.1, 0.15) is 17.1 Å². The highest BCUT2D eigenvalue weighted by Gasteiger charge is 2.27. The Morgan fingerprint density at radius 3 is 2.44 bits per heavy atom. The molecule has 8 nitrogen and oxygen atoms in total. The van der Waals surface area contributed by atoms with Crippen LogP contribution in [0.4, 0.5) is 14.5 Å². The van der Waals surface area contributed by atoms with Crippen molar-refractivity contribution in [2.75, 3.05) is 31.6 Å². The van der Waals surface area contributed by atoms with Crippen molar-refractivity contribution in [3.8, 4) is 11.4 Å². The number of pyridine rings is 1. The van der Waals surface area contributed by atoms with Gasteiger partial charge in [-0.3, -0.25) is 9.59 Å². The summed E-state index contributed by atoms with van der Waals surface area (Å²) in [6.45, 7) is 3.10. The number of hydrogen-bond acceptors (Lipinski definition) is 6. The van der Waals surface area contributed by atoms with E-state index in [1.165, 1.54) is 29.7 Å². The number of carbonyl (C=O) groups excluding carboxylic acids is 1. The number of carboxylic acid groups (broad SMARTS) is 1. The quantitative estimate of drug-likeness (QED) is 0.166. The second-order valence-electron chi connectivity index (χ2n) is 7.96. The lowest BCUT2D eigenvalue weighted by Crippen LogP contribution is -2.49. The number of rotatable bonds is 4. The SMILES string of the molecule is CC(=O)Oc1ccc(-n2cc(C(=O)O)c(=O)c3cc(F)c(N4CCN(C)CC4I)cc32)c(F)c1. The minimum atomic E-state index is -1.52. The van der Waals surface area contributed by atoms with Crippen molar-refractivity contribution >= 4 is 51.1 Å². The summed E-state index contributed by atoms with van der Waals surface area (Å²) in [7, 11) is 1.97. The van der Waals surface area contributed by atoms with E-state index in [1.807, 2.05) is 11.9 Å². The average molecular weight is 583 g/mol. The molecule has 34 heavy (non-hydrogen) atoms. The molecule has 1 saturated heterocycles. The van der Waals surface area contributed by atoms with Crippen LogP contribution in [0.3, 0.4) is 0 Å². The van der Waals surface area contributed by atoms with E-state index < -0.39 is 34.6 Å². The van der Waals surface area contributed by atoms with Crippen molar-refractivity contribution in [1.82, 2.24) is 9.47 Å². The largest absolute Gasteiger partial charge is 0.477 e. The van der Waals surface area contributed by atoms with Crippen LogP contribution in [0.2, 0.25) is 0 Å². The number of nitrogens with zero attached hydrogens (tertiary/aromatic N) is 3. The first kappa shape index (κ1) is 24.1. The zero-order valence-corrected chi connectivity index (χ0v) is 20.4. The average Bonchev–Trinajstić information content (AvgIpc) is 2.74. The first-order valence-corrected chi connectivity index (χ1v) is 11.5. The molecule has 1 aliphatic heterocycles. The molecule has 1 atom stereocenters. The topological polar surface area (TPSA) is 92.1 Å². The van der Waals surface area contributed by atoms with Gasteiger partial charge in [-0.15, -0.1) is 0 Å². The number of piperazine rings is 1. The standard InChI is InChI=1S/C23H20F2IN3O5/c1-12(30)34-13-3-4-18(16(24)7-13)29-10-15(23(32)33)22(31)14-8-17(25)20(9-19(14)29)28-6-5-27(2)11-21(28)26/h3-4,7-10,21H,5-6,11H2,1-2H3,(H,32,33). The molecule has 2 aromatic carbocycles. The summed E-state index contributed by atoms with van der Waals surface area (Å²) in [6, 6.07) is 6.06. The third-order valence-corrected chi connectivity index (χ3v) is 6.64. The van der Waals surface area contributed by atoms with E-state index in [0.717, 1.165) is 18.3 Å². The van der Waals surface area contributed by atoms with Crippen LogP contribution >= 0.6 is 22.6 Å². The van der Waals surface area contributed by atoms with Gasteiger partial charge in [-0.25, -0.2) is 13.6 Å². The predicted molar refractivity (Wildman–Crippen MR) is 130 cm³/mol. The third kappa shape index (κ3) is 4.49. The molecule has 2 heterocycles. The van der Waals surface area contributed by atoms with Gasteiger partial charge in [0.25, 0.3) is 0 Å². The van der Waals surface area contributed by atoms with Crippen molar-refractivity contribution in [3.05, 3.63) is 63.9 Å². The minimum absolute atomic E-state index is 0.0329. The lowest BCUT2D eigenvalue weighted by Gasteiger charge is -2.38. The molecule has 0 radical (unpaired) electrons. The van der Waals surface area contributed by atoms with Gasteiger partial charge >= 0.3 is 11.9 Å². The summed E-state index contributed by atoms with van der Waals surface area (Å²) < 4.78 is 36.3. The van der Waals surface area contributed by atoms with Crippen LogP contribution < -0.4 is 15.1 Å². The van der Waals surface area contributed by atoms with E-state index in [-0.39, 0.29) is 32.1 Å². The Hall–Kier alpha value is -3.06. The highest BCUT2D eigenvalue weighted by molar-refractivity contribution is 14.1. The number of anilines is 1. The molecular formula is C23H20F2IN3O5. The van der Waals surface area contributed by atoms with Crippen LogP contribution in [0.25, 0.3) is 16.6 Å². The fourth-order valence-electron chi connectivity index (χ4n) is 3.96. The summed E-state index contributed by atoms with van der Waals surface area (Å²) in [5.74, 6) is -3.68. The molecule has 1 unspecified atom stereocenters. The highest BCUT2D eigenvalue weighted by Crippen LogP contribution is 2.32. The maximum atomic E-state index is 15.2. The van der Waals surface area contributed by atoms with E-state index in [1.54, 1.807) is 0 Å². The van der Waals surface area contributed by atoms with Crippen molar-refractivity contribution in [2.24, 2.45) is 0 Å². The lowest BCUT2D eigenvalue weighted by molar-refractivity contribution is -0.131. The van der Waals surface area contributed by atoms with E-state index in [9.17, 15) is 19.5 Å². The van der Waals surface area contributed by atoms with Crippen LogP contribution in [-0.4, -0.2) is 57.2 Å². The number of benzene rings is 2. The minimum Gasteiger partial charge on any atom is -0.477 e. The van der Waals surface area contributed by atoms with E-state index in [0.29, 0.717) is 19.6 Å². The molecule has 11 heteroatoms. The summed E-state index contributed by atoms with van der Waals surface area (Å²) in [5.41, 5.74) is -1.22. The Morgan fingerprint density at radius 2 is 1.82 bits per heavy atom. The second-order valence-corrected chi connectivity index (χ2v) is 9.40. The molecule has 3 aromatic rings. The third-order valence-electron chi connectivity index (χ3n) is 5.58. The van der Waals surface area contributed by atoms with Crippen LogP contribution in [-0.2, 0) is 4.79 Å². The van der Waals surface area contributed by atoms with Crippen LogP contribution in [0.15, 0.2) is 41.3 Å². The van der Waals surface area contributed by atoms with Crippen LogP contribution in [0, 0.1) is 11.6 Å². The number of likely N-dealkylation sites (N-methyl/N-ethyl adjacent to an activating group) is 1. The van der Waals surface area contributed by atoms with Crippen molar-refractivity contribution < 1.29 is 28.2 Å². The Balaban J connectivity index is 1.97. The normalized spacial score (nSPS) is 16.6. The molecular weight excluding hydrogens is 563 g/mol. The first-order chi connectivity index (χ1) is 16.1. The molecule has 1 aliphatic rings. The molecule has 4 rings (SSSR count). The summed E-state index contributed by atoms with van der Waals surface area (Å²) >= 11 is 2.21. The van der Waals surface area contributed by atoms with Gasteiger partial charge < -0.3 is 24.2 Å². The number of alkyl halides is 1. The molecule has 0 aliphatic carbocycles. The second kappa shape index (κ2) is 9.29. The molecule has 1 N–H and O–H groups in total. The Bertz CT molecular complexity index is 1380. The number of aromatic nitrogens is 1. The summed E-state index contributed by atoms with van der Waals surface area (Å²) in [6.07, 6.45) is 1.02. The lowest BCUT2D eigenvalue weighted by atomic mass is 10.1. The molecule has 0 saturated carbocycles. The fourth-order valence-corrected chi connectivity index (χ4v) is 5.21. The van der Waals surface area contributed by atoms with E-state index in [4.69, 9.17) is 4.74 Å². The number of hydrogen-bond donors (Lipinski definition) is 1. The highest BCUT2D eigenvalue weighted by atomic mass is 127. The van der Waals surface area contributed by atoms with E-state index >= 15 is 8.78 Å².